The molecule has 5 nitrogen and oxygen atoms in total. The van der Waals surface area contributed by atoms with Gasteiger partial charge < -0.3 is 15.2 Å². The summed E-state index contributed by atoms with van der Waals surface area (Å²) in [5.41, 5.74) is 0. The van der Waals surface area contributed by atoms with Crippen molar-refractivity contribution in [3.05, 3.63) is 18.7 Å². The van der Waals surface area contributed by atoms with E-state index < -0.39 is 0 Å². The van der Waals surface area contributed by atoms with Crippen LogP contribution in [0.15, 0.2) is 18.7 Å². The zero-order valence-electron chi connectivity index (χ0n) is 9.35. The Labute approximate surface area is 95.2 Å². The lowest BCUT2D eigenvalue weighted by atomic mass is 10.2. The van der Waals surface area contributed by atoms with E-state index in [2.05, 4.69) is 15.6 Å². The highest BCUT2D eigenvalue weighted by Gasteiger charge is 2.20. The molecule has 1 aromatic rings. The van der Waals surface area contributed by atoms with E-state index in [1.54, 1.807) is 12.5 Å². The van der Waals surface area contributed by atoms with E-state index in [1.807, 2.05) is 10.8 Å². The summed E-state index contributed by atoms with van der Waals surface area (Å²) in [6.07, 6.45) is 8.50. The molecule has 5 heteroatoms. The molecule has 2 heterocycles. The van der Waals surface area contributed by atoms with Crippen LogP contribution < -0.4 is 10.6 Å². The number of rotatable bonds is 5. The van der Waals surface area contributed by atoms with Gasteiger partial charge in [0.05, 0.1) is 12.4 Å². The first-order valence-corrected chi connectivity index (χ1v) is 5.83. The maximum Gasteiger partial charge on any atom is 0.237 e. The maximum atomic E-state index is 11.6. The number of carbonyl (C=O) groups excluding carboxylic acids is 1. The average Bonchev–Trinajstić information content (AvgIpc) is 2.96. The number of hydrogen-bond acceptors (Lipinski definition) is 3. The molecule has 1 atom stereocenters. The van der Waals surface area contributed by atoms with Crippen molar-refractivity contribution in [3.8, 4) is 0 Å². The van der Waals surface area contributed by atoms with Crippen LogP contribution >= 0.6 is 0 Å². The van der Waals surface area contributed by atoms with Crippen molar-refractivity contribution >= 4 is 5.91 Å². The molecule has 0 radical (unpaired) electrons. The number of aryl methyl sites for hydroxylation is 1. The van der Waals surface area contributed by atoms with Gasteiger partial charge in [0.1, 0.15) is 0 Å². The summed E-state index contributed by atoms with van der Waals surface area (Å²) in [6, 6.07) is 0.0354. The second-order valence-electron chi connectivity index (χ2n) is 4.09. The maximum absolute atomic E-state index is 11.6. The summed E-state index contributed by atoms with van der Waals surface area (Å²) in [5, 5.41) is 6.14. The number of carbonyl (C=O) groups is 1. The Morgan fingerprint density at radius 2 is 2.56 bits per heavy atom. The van der Waals surface area contributed by atoms with Gasteiger partial charge in [-0.2, -0.15) is 0 Å². The van der Waals surface area contributed by atoms with Crippen LogP contribution in [-0.2, 0) is 11.3 Å². The smallest absolute Gasteiger partial charge is 0.237 e. The highest BCUT2D eigenvalue weighted by Crippen LogP contribution is 2.04. The number of aromatic nitrogens is 2. The summed E-state index contributed by atoms with van der Waals surface area (Å²) >= 11 is 0. The number of nitrogens with one attached hydrogen (secondary N) is 2. The molecule has 88 valence electrons. The molecule has 0 aromatic carbocycles. The molecule has 0 spiro atoms. The zero-order valence-corrected chi connectivity index (χ0v) is 9.35. The molecule has 0 bridgehead atoms. The molecular formula is C11H18N4O. The van der Waals surface area contributed by atoms with Gasteiger partial charge in [-0.15, -0.1) is 0 Å². The summed E-state index contributed by atoms with van der Waals surface area (Å²) in [7, 11) is 0. The molecular weight excluding hydrogens is 204 g/mol. The monoisotopic (exact) mass is 222 g/mol. The van der Waals surface area contributed by atoms with Gasteiger partial charge in [0.25, 0.3) is 0 Å². The molecule has 1 amide bonds. The number of imidazole rings is 1. The molecule has 2 N–H and O–H groups in total. The fourth-order valence-corrected chi connectivity index (χ4v) is 1.92. The highest BCUT2D eigenvalue weighted by atomic mass is 16.2. The summed E-state index contributed by atoms with van der Waals surface area (Å²) < 4.78 is 2.01. The second kappa shape index (κ2) is 5.65. The van der Waals surface area contributed by atoms with Gasteiger partial charge in [-0.1, -0.05) is 0 Å². The minimum atomic E-state index is 0.0354. The van der Waals surface area contributed by atoms with Crippen molar-refractivity contribution < 1.29 is 4.79 Å². The van der Waals surface area contributed by atoms with Crippen molar-refractivity contribution in [1.82, 2.24) is 20.2 Å². The Morgan fingerprint density at radius 3 is 3.25 bits per heavy atom. The van der Waals surface area contributed by atoms with E-state index in [9.17, 15) is 4.79 Å². The first-order chi connectivity index (χ1) is 7.86. The molecule has 1 aromatic heterocycles. The Hall–Kier alpha value is -1.36. The average molecular weight is 222 g/mol. The van der Waals surface area contributed by atoms with Gasteiger partial charge >= 0.3 is 0 Å². The Bertz CT molecular complexity index is 317. The Balaban J connectivity index is 1.59. The third-order valence-corrected chi connectivity index (χ3v) is 2.83. The zero-order chi connectivity index (χ0) is 11.2. The van der Waals surface area contributed by atoms with Crippen molar-refractivity contribution in [2.24, 2.45) is 0 Å². The van der Waals surface area contributed by atoms with Crippen LogP contribution in [0.4, 0.5) is 0 Å². The van der Waals surface area contributed by atoms with Gasteiger partial charge in [0.15, 0.2) is 0 Å². The molecule has 0 aliphatic carbocycles. The molecule has 1 aliphatic heterocycles. The predicted octanol–water partition coefficient (Wildman–Crippen LogP) is 0.141. The normalized spacial score (nSPS) is 19.9. The molecule has 1 saturated heterocycles. The van der Waals surface area contributed by atoms with E-state index in [-0.39, 0.29) is 11.9 Å². The van der Waals surface area contributed by atoms with Gasteiger partial charge in [0, 0.05) is 25.5 Å². The first-order valence-electron chi connectivity index (χ1n) is 5.83. The molecule has 1 fully saturated rings. The lowest BCUT2D eigenvalue weighted by molar-refractivity contribution is -0.122. The largest absolute Gasteiger partial charge is 0.355 e. The molecule has 0 unspecified atom stereocenters. The number of nitrogens with zero attached hydrogens (tertiary/aromatic N) is 2. The predicted molar refractivity (Wildman–Crippen MR) is 60.9 cm³/mol. The lowest BCUT2D eigenvalue weighted by Gasteiger charge is -2.10. The third kappa shape index (κ3) is 3.06. The fraction of sp³-hybridized carbons (Fsp3) is 0.636. The van der Waals surface area contributed by atoms with E-state index in [1.165, 1.54) is 0 Å². The van der Waals surface area contributed by atoms with Crippen LogP contribution in [0.5, 0.6) is 0 Å². The van der Waals surface area contributed by atoms with Gasteiger partial charge in [-0.25, -0.2) is 4.98 Å². The second-order valence-corrected chi connectivity index (χ2v) is 4.09. The topological polar surface area (TPSA) is 59.0 Å². The summed E-state index contributed by atoms with van der Waals surface area (Å²) in [6.45, 7) is 2.60. The highest BCUT2D eigenvalue weighted by molar-refractivity contribution is 5.81. The lowest BCUT2D eigenvalue weighted by Crippen LogP contribution is -2.40. The number of amides is 1. The van der Waals surface area contributed by atoms with E-state index >= 15 is 0 Å². The van der Waals surface area contributed by atoms with Crippen molar-refractivity contribution in [3.63, 3.8) is 0 Å². The minimum Gasteiger partial charge on any atom is -0.355 e. The van der Waals surface area contributed by atoms with Gasteiger partial charge in [-0.05, 0) is 25.8 Å². The minimum absolute atomic E-state index is 0.0354. The SMILES string of the molecule is O=C(NCCCn1ccnc1)[C@@H]1CCCN1. The third-order valence-electron chi connectivity index (χ3n) is 2.83. The van der Waals surface area contributed by atoms with Crippen LogP contribution in [0, 0.1) is 0 Å². The standard InChI is InChI=1S/C11H18N4O/c16-11(10-3-1-4-13-10)14-5-2-7-15-8-6-12-9-15/h6,8-10,13H,1-5,7H2,(H,14,16)/t10-/m0/s1. The van der Waals surface area contributed by atoms with Crippen LogP contribution in [-0.4, -0.2) is 34.6 Å². The Kier molecular flexibility index (Phi) is 3.93. The van der Waals surface area contributed by atoms with Gasteiger partial charge in [0.2, 0.25) is 5.91 Å². The fourth-order valence-electron chi connectivity index (χ4n) is 1.92. The van der Waals surface area contributed by atoms with Crippen molar-refractivity contribution in [2.75, 3.05) is 13.1 Å². The Morgan fingerprint density at radius 1 is 1.62 bits per heavy atom. The molecule has 0 saturated carbocycles. The van der Waals surface area contributed by atoms with Crippen LogP contribution in [0.2, 0.25) is 0 Å². The van der Waals surface area contributed by atoms with E-state index in [0.717, 1.165) is 38.9 Å². The summed E-state index contributed by atoms with van der Waals surface area (Å²) in [5.74, 6) is 0.142. The summed E-state index contributed by atoms with van der Waals surface area (Å²) in [4.78, 5) is 15.6. The first kappa shape index (κ1) is 11.1. The van der Waals surface area contributed by atoms with Crippen LogP contribution in [0.25, 0.3) is 0 Å². The van der Waals surface area contributed by atoms with E-state index in [0.29, 0.717) is 0 Å². The van der Waals surface area contributed by atoms with E-state index in [4.69, 9.17) is 0 Å². The number of hydrogen-bond donors (Lipinski definition) is 2. The van der Waals surface area contributed by atoms with Crippen LogP contribution in [0.3, 0.4) is 0 Å². The van der Waals surface area contributed by atoms with Crippen molar-refractivity contribution in [1.29, 1.82) is 0 Å². The molecule has 2 rings (SSSR count). The molecule has 16 heavy (non-hydrogen) atoms. The van der Waals surface area contributed by atoms with Gasteiger partial charge in [-0.3, -0.25) is 4.79 Å². The van der Waals surface area contributed by atoms with Crippen LogP contribution in [0.1, 0.15) is 19.3 Å². The quantitative estimate of drug-likeness (QED) is 0.697. The molecule has 1 aliphatic rings. The van der Waals surface area contributed by atoms with Crippen molar-refractivity contribution in [2.45, 2.75) is 31.8 Å².